The minimum absolute atomic E-state index is 0.0625. The van der Waals surface area contributed by atoms with Crippen molar-refractivity contribution in [2.45, 2.75) is 13.8 Å². The fraction of sp³-hybridized carbons (Fsp3) is 0.667. The molecule has 1 aliphatic rings. The smallest absolute Gasteiger partial charge is 0.0996 e. The molecule has 0 bridgehead atoms. The maximum Gasteiger partial charge on any atom is 0.0996 e. The van der Waals surface area contributed by atoms with Crippen molar-refractivity contribution in [3.05, 3.63) is 11.9 Å². The van der Waals surface area contributed by atoms with E-state index in [1.54, 1.807) is 6.08 Å². The van der Waals surface area contributed by atoms with Crippen molar-refractivity contribution < 1.29 is 4.39 Å². The monoisotopic (exact) mass is 100 g/mol. The second-order valence-electron chi connectivity index (χ2n) is 2.20. The molecular formula is C6H9F. The largest absolute Gasteiger partial charge is 0.212 e. The lowest BCUT2D eigenvalue weighted by molar-refractivity contribution is 0.356. The molecule has 2 unspecified atom stereocenters. The Morgan fingerprint density at radius 1 is 1.57 bits per heavy atom. The van der Waals surface area contributed by atoms with Crippen LogP contribution in [-0.2, 0) is 0 Å². The molecule has 0 saturated heterocycles. The summed E-state index contributed by atoms with van der Waals surface area (Å²) in [6.07, 6.45) is 1.66. The van der Waals surface area contributed by atoms with Crippen LogP contribution in [0.3, 0.4) is 0 Å². The summed E-state index contributed by atoms with van der Waals surface area (Å²) in [7, 11) is 0. The van der Waals surface area contributed by atoms with Gasteiger partial charge in [0.05, 0.1) is 5.83 Å². The first-order valence-electron chi connectivity index (χ1n) is 2.59. The van der Waals surface area contributed by atoms with Gasteiger partial charge < -0.3 is 0 Å². The molecule has 0 nitrogen and oxygen atoms in total. The molecule has 0 aromatic heterocycles. The van der Waals surface area contributed by atoms with Crippen molar-refractivity contribution in [3.8, 4) is 0 Å². The van der Waals surface area contributed by atoms with Crippen LogP contribution in [0.5, 0.6) is 0 Å². The van der Waals surface area contributed by atoms with Crippen molar-refractivity contribution in [2.75, 3.05) is 0 Å². The molecule has 0 fully saturated rings. The first-order valence-corrected chi connectivity index (χ1v) is 2.59. The normalized spacial score (nSPS) is 39.6. The quantitative estimate of drug-likeness (QED) is 0.437. The zero-order chi connectivity index (χ0) is 5.44. The van der Waals surface area contributed by atoms with E-state index < -0.39 is 0 Å². The first kappa shape index (κ1) is 4.82. The van der Waals surface area contributed by atoms with Crippen LogP contribution in [-0.4, -0.2) is 0 Å². The summed E-state index contributed by atoms with van der Waals surface area (Å²) < 4.78 is 12.0. The van der Waals surface area contributed by atoms with Crippen molar-refractivity contribution in [2.24, 2.45) is 11.8 Å². The molecule has 0 amide bonds. The average Bonchev–Trinajstić information content (AvgIpc) is 1.68. The molecule has 0 spiro atoms. The van der Waals surface area contributed by atoms with E-state index in [9.17, 15) is 4.39 Å². The number of hydrogen-bond donors (Lipinski definition) is 0. The van der Waals surface area contributed by atoms with E-state index in [4.69, 9.17) is 0 Å². The molecular weight excluding hydrogens is 91.1 g/mol. The summed E-state index contributed by atoms with van der Waals surface area (Å²) in [5.74, 6) is 0.729. The van der Waals surface area contributed by atoms with Gasteiger partial charge in [-0.25, -0.2) is 4.39 Å². The van der Waals surface area contributed by atoms with Gasteiger partial charge in [0, 0.05) is 5.92 Å². The molecule has 0 heterocycles. The standard InChI is InChI=1S/C6H9F/c1-4-3-6(7)5(4)2/h3-5H,1-2H3. The highest BCUT2D eigenvalue weighted by molar-refractivity contribution is 5.12. The van der Waals surface area contributed by atoms with Crippen LogP contribution < -0.4 is 0 Å². The van der Waals surface area contributed by atoms with E-state index in [1.165, 1.54) is 0 Å². The minimum atomic E-state index is 0.0625. The average molecular weight is 100 g/mol. The van der Waals surface area contributed by atoms with Crippen molar-refractivity contribution in [1.82, 2.24) is 0 Å². The van der Waals surface area contributed by atoms with Crippen LogP contribution in [0.1, 0.15) is 13.8 Å². The Morgan fingerprint density at radius 2 is 2.14 bits per heavy atom. The van der Waals surface area contributed by atoms with Crippen LogP contribution in [0.15, 0.2) is 11.9 Å². The van der Waals surface area contributed by atoms with Crippen molar-refractivity contribution in [1.29, 1.82) is 0 Å². The summed E-state index contributed by atoms with van der Waals surface area (Å²) >= 11 is 0. The van der Waals surface area contributed by atoms with Gasteiger partial charge in [-0.1, -0.05) is 13.8 Å². The molecule has 0 aromatic carbocycles. The topological polar surface area (TPSA) is 0 Å². The molecule has 1 aliphatic carbocycles. The molecule has 7 heavy (non-hydrogen) atoms. The summed E-state index contributed by atoms with van der Waals surface area (Å²) in [4.78, 5) is 0. The predicted octanol–water partition coefficient (Wildman–Crippen LogP) is 2.13. The molecule has 1 rings (SSSR count). The van der Waals surface area contributed by atoms with Crippen LogP contribution in [0.4, 0.5) is 4.39 Å². The Balaban J connectivity index is 2.57. The third-order valence-corrected chi connectivity index (χ3v) is 1.65. The molecule has 0 aromatic rings. The molecule has 40 valence electrons. The van der Waals surface area contributed by atoms with E-state index in [1.807, 2.05) is 13.8 Å². The van der Waals surface area contributed by atoms with Gasteiger partial charge in [-0.15, -0.1) is 0 Å². The van der Waals surface area contributed by atoms with E-state index in [-0.39, 0.29) is 11.7 Å². The van der Waals surface area contributed by atoms with Crippen LogP contribution in [0.25, 0.3) is 0 Å². The Bertz CT molecular complexity index is 105. The van der Waals surface area contributed by atoms with Crippen LogP contribution in [0.2, 0.25) is 0 Å². The van der Waals surface area contributed by atoms with Gasteiger partial charge in [0.2, 0.25) is 0 Å². The highest BCUT2D eigenvalue weighted by atomic mass is 19.1. The number of rotatable bonds is 0. The Kier molecular flexibility index (Phi) is 0.911. The third kappa shape index (κ3) is 0.561. The van der Waals surface area contributed by atoms with Gasteiger partial charge in [0.1, 0.15) is 0 Å². The Labute approximate surface area is 43.0 Å². The summed E-state index contributed by atoms with van der Waals surface area (Å²) in [6, 6.07) is 0. The second kappa shape index (κ2) is 1.32. The highest BCUT2D eigenvalue weighted by Crippen LogP contribution is 2.32. The van der Waals surface area contributed by atoms with E-state index in [0.29, 0.717) is 5.92 Å². The number of hydrogen-bond acceptors (Lipinski definition) is 0. The zero-order valence-corrected chi connectivity index (χ0v) is 4.61. The maximum absolute atomic E-state index is 12.0. The Hall–Kier alpha value is -0.330. The lowest BCUT2D eigenvalue weighted by Crippen LogP contribution is -2.15. The second-order valence-corrected chi connectivity index (χ2v) is 2.20. The summed E-state index contributed by atoms with van der Waals surface area (Å²) in [6.45, 7) is 3.92. The lowest BCUT2D eigenvalue weighted by Gasteiger charge is -2.23. The third-order valence-electron chi connectivity index (χ3n) is 1.65. The van der Waals surface area contributed by atoms with E-state index in [0.717, 1.165) is 0 Å². The van der Waals surface area contributed by atoms with Gasteiger partial charge in [-0.2, -0.15) is 0 Å². The van der Waals surface area contributed by atoms with E-state index in [2.05, 4.69) is 0 Å². The van der Waals surface area contributed by atoms with Crippen LogP contribution >= 0.6 is 0 Å². The van der Waals surface area contributed by atoms with E-state index >= 15 is 0 Å². The molecule has 0 N–H and O–H groups in total. The fourth-order valence-corrected chi connectivity index (χ4v) is 0.680. The minimum Gasteiger partial charge on any atom is -0.212 e. The molecule has 1 heteroatoms. The fourth-order valence-electron chi connectivity index (χ4n) is 0.680. The SMILES string of the molecule is CC1C=C(F)C1C. The first-order chi connectivity index (χ1) is 3.22. The number of allylic oxidation sites excluding steroid dienone is 2. The van der Waals surface area contributed by atoms with Crippen LogP contribution in [0, 0.1) is 11.8 Å². The summed E-state index contributed by atoms with van der Waals surface area (Å²) in [5, 5.41) is 0. The molecule has 0 aliphatic heterocycles. The van der Waals surface area contributed by atoms with Gasteiger partial charge in [-0.05, 0) is 12.0 Å². The molecule has 2 atom stereocenters. The highest BCUT2D eigenvalue weighted by Gasteiger charge is 2.23. The molecule has 0 radical (unpaired) electrons. The summed E-state index contributed by atoms with van der Waals surface area (Å²) in [5.41, 5.74) is 0. The Morgan fingerprint density at radius 3 is 2.14 bits per heavy atom. The van der Waals surface area contributed by atoms with Crippen molar-refractivity contribution >= 4 is 0 Å². The zero-order valence-electron chi connectivity index (χ0n) is 4.61. The maximum atomic E-state index is 12.0. The van der Waals surface area contributed by atoms with Gasteiger partial charge >= 0.3 is 0 Å². The van der Waals surface area contributed by atoms with Gasteiger partial charge in [0.25, 0.3) is 0 Å². The van der Waals surface area contributed by atoms with Gasteiger partial charge in [-0.3, -0.25) is 0 Å². The van der Waals surface area contributed by atoms with Crippen molar-refractivity contribution in [3.63, 3.8) is 0 Å². The van der Waals surface area contributed by atoms with Gasteiger partial charge in [0.15, 0.2) is 0 Å². The predicted molar refractivity (Wildman–Crippen MR) is 27.5 cm³/mol. The number of halogens is 1. The molecule has 0 saturated carbocycles. The lowest BCUT2D eigenvalue weighted by atomic mass is 9.84.